The molecule has 2 rings (SSSR count). The van der Waals surface area contributed by atoms with Gasteiger partial charge in [0.05, 0.1) is 17.7 Å². The lowest BCUT2D eigenvalue weighted by Crippen LogP contribution is -2.29. The second-order valence-electron chi connectivity index (χ2n) is 3.34. The van der Waals surface area contributed by atoms with Gasteiger partial charge in [0.1, 0.15) is 23.8 Å². The molecule has 0 aliphatic carbocycles. The predicted octanol–water partition coefficient (Wildman–Crippen LogP) is 1.73. The van der Waals surface area contributed by atoms with Crippen molar-refractivity contribution in [3.05, 3.63) is 28.5 Å². The summed E-state index contributed by atoms with van der Waals surface area (Å²) in [6.07, 6.45) is -1.05. The number of hydrogen-bond acceptors (Lipinski definition) is 3. The molecule has 0 saturated carbocycles. The van der Waals surface area contributed by atoms with Gasteiger partial charge < -0.3 is 14.6 Å². The highest BCUT2D eigenvalue weighted by molar-refractivity contribution is 9.10. The van der Waals surface area contributed by atoms with E-state index in [4.69, 9.17) is 9.47 Å². The van der Waals surface area contributed by atoms with Crippen LogP contribution >= 0.6 is 15.9 Å². The van der Waals surface area contributed by atoms with E-state index in [9.17, 15) is 9.50 Å². The SMILES string of the molecule is O[C@H]1COCC1Oc1ccc(Br)c(F)c1. The molecule has 0 bridgehead atoms. The third-order valence-electron chi connectivity index (χ3n) is 2.18. The number of aliphatic hydroxyl groups is 1. The van der Waals surface area contributed by atoms with E-state index in [-0.39, 0.29) is 12.4 Å². The second kappa shape index (κ2) is 4.47. The standard InChI is InChI=1S/C10H10BrFO3/c11-7-2-1-6(3-8(7)12)15-10-5-14-4-9(10)13/h1-3,9-10,13H,4-5H2/t9-,10?/m0/s1. The molecule has 2 atom stereocenters. The maximum absolute atomic E-state index is 13.1. The number of hydrogen-bond donors (Lipinski definition) is 1. The van der Waals surface area contributed by atoms with Crippen molar-refractivity contribution in [1.29, 1.82) is 0 Å². The van der Waals surface area contributed by atoms with Gasteiger partial charge in [0.15, 0.2) is 0 Å². The molecule has 1 aliphatic heterocycles. The summed E-state index contributed by atoms with van der Waals surface area (Å²) in [6, 6.07) is 4.47. The maximum Gasteiger partial charge on any atom is 0.150 e. The first kappa shape index (κ1) is 10.9. The van der Waals surface area contributed by atoms with Crippen molar-refractivity contribution in [2.75, 3.05) is 13.2 Å². The fourth-order valence-electron chi connectivity index (χ4n) is 1.36. The van der Waals surface area contributed by atoms with Crippen molar-refractivity contribution >= 4 is 15.9 Å². The van der Waals surface area contributed by atoms with Crippen LogP contribution in [0, 0.1) is 5.82 Å². The lowest BCUT2D eigenvalue weighted by atomic mass is 10.2. The van der Waals surface area contributed by atoms with Gasteiger partial charge in [-0.05, 0) is 28.1 Å². The predicted molar refractivity (Wildman–Crippen MR) is 55.3 cm³/mol. The molecule has 15 heavy (non-hydrogen) atoms. The Hall–Kier alpha value is -0.650. The number of halogens is 2. The topological polar surface area (TPSA) is 38.7 Å². The molecule has 1 aromatic rings. The number of benzene rings is 1. The van der Waals surface area contributed by atoms with Gasteiger partial charge in [0.2, 0.25) is 0 Å². The van der Waals surface area contributed by atoms with Crippen LogP contribution in [0.15, 0.2) is 22.7 Å². The molecule has 0 radical (unpaired) electrons. The van der Waals surface area contributed by atoms with Crippen LogP contribution in [-0.4, -0.2) is 30.5 Å². The Balaban J connectivity index is 2.07. The lowest BCUT2D eigenvalue weighted by Gasteiger charge is -2.15. The van der Waals surface area contributed by atoms with Gasteiger partial charge in [0, 0.05) is 6.07 Å². The fourth-order valence-corrected chi connectivity index (χ4v) is 1.61. The monoisotopic (exact) mass is 276 g/mol. The van der Waals surface area contributed by atoms with Crippen LogP contribution in [-0.2, 0) is 4.74 Å². The normalized spacial score (nSPS) is 25.5. The Bertz CT molecular complexity index is 359. The molecule has 1 N–H and O–H groups in total. The van der Waals surface area contributed by atoms with Crippen molar-refractivity contribution in [1.82, 2.24) is 0 Å². The lowest BCUT2D eigenvalue weighted by molar-refractivity contribution is 0.0731. The summed E-state index contributed by atoms with van der Waals surface area (Å²) < 4.78 is 23.9. The first-order valence-corrected chi connectivity index (χ1v) is 5.33. The molecular weight excluding hydrogens is 267 g/mol. The van der Waals surface area contributed by atoms with Gasteiger partial charge in [-0.1, -0.05) is 0 Å². The van der Waals surface area contributed by atoms with Crippen LogP contribution in [0.2, 0.25) is 0 Å². The summed E-state index contributed by atoms with van der Waals surface area (Å²) in [7, 11) is 0. The van der Waals surface area contributed by atoms with Gasteiger partial charge in [-0.15, -0.1) is 0 Å². The molecule has 1 unspecified atom stereocenters. The first-order valence-electron chi connectivity index (χ1n) is 4.54. The second-order valence-corrected chi connectivity index (χ2v) is 4.19. The highest BCUT2D eigenvalue weighted by atomic mass is 79.9. The summed E-state index contributed by atoms with van der Waals surface area (Å²) in [6.45, 7) is 0.600. The molecule has 1 saturated heterocycles. The fraction of sp³-hybridized carbons (Fsp3) is 0.400. The van der Waals surface area contributed by atoms with Crippen molar-refractivity contribution < 1.29 is 19.0 Å². The molecule has 1 aromatic carbocycles. The van der Waals surface area contributed by atoms with Crippen LogP contribution < -0.4 is 4.74 Å². The third-order valence-corrected chi connectivity index (χ3v) is 2.82. The molecular formula is C10H10BrFO3. The van der Waals surface area contributed by atoms with E-state index in [1.54, 1.807) is 12.1 Å². The largest absolute Gasteiger partial charge is 0.485 e. The molecule has 0 aromatic heterocycles. The minimum absolute atomic E-state index is 0.268. The summed E-state index contributed by atoms with van der Waals surface area (Å²) in [5, 5.41) is 9.42. The summed E-state index contributed by atoms with van der Waals surface area (Å²) >= 11 is 3.05. The van der Waals surface area contributed by atoms with E-state index in [1.165, 1.54) is 6.07 Å². The van der Waals surface area contributed by atoms with Crippen molar-refractivity contribution in [2.24, 2.45) is 0 Å². The molecule has 3 nitrogen and oxygen atoms in total. The summed E-state index contributed by atoms with van der Waals surface area (Å²) in [5.74, 6) is 0.00570. The molecule has 1 aliphatic rings. The quantitative estimate of drug-likeness (QED) is 0.894. The van der Waals surface area contributed by atoms with E-state index >= 15 is 0 Å². The average Bonchev–Trinajstić information content (AvgIpc) is 2.59. The maximum atomic E-state index is 13.1. The van der Waals surface area contributed by atoms with E-state index in [0.29, 0.717) is 16.8 Å². The summed E-state index contributed by atoms with van der Waals surface area (Å²) in [5.41, 5.74) is 0. The van der Waals surface area contributed by atoms with Gasteiger partial charge in [-0.3, -0.25) is 0 Å². The van der Waals surface area contributed by atoms with Gasteiger partial charge in [0.25, 0.3) is 0 Å². The molecule has 5 heteroatoms. The Kier molecular flexibility index (Phi) is 3.23. The zero-order valence-electron chi connectivity index (χ0n) is 7.82. The zero-order valence-corrected chi connectivity index (χ0v) is 9.41. The summed E-state index contributed by atoms with van der Waals surface area (Å²) in [4.78, 5) is 0. The molecule has 1 fully saturated rings. The van der Waals surface area contributed by atoms with Crippen LogP contribution in [0.1, 0.15) is 0 Å². The third kappa shape index (κ3) is 2.48. The minimum Gasteiger partial charge on any atom is -0.485 e. The molecule has 1 heterocycles. The van der Waals surface area contributed by atoms with E-state index in [1.807, 2.05) is 0 Å². The highest BCUT2D eigenvalue weighted by Crippen LogP contribution is 2.23. The number of ether oxygens (including phenoxy) is 2. The minimum atomic E-state index is -0.642. The number of rotatable bonds is 2. The van der Waals surface area contributed by atoms with Crippen LogP contribution in [0.4, 0.5) is 4.39 Å². The Morgan fingerprint density at radius 1 is 1.47 bits per heavy atom. The van der Waals surface area contributed by atoms with Crippen molar-refractivity contribution in [2.45, 2.75) is 12.2 Å². The van der Waals surface area contributed by atoms with Gasteiger partial charge in [-0.2, -0.15) is 0 Å². The Morgan fingerprint density at radius 2 is 2.27 bits per heavy atom. The molecule has 0 spiro atoms. The van der Waals surface area contributed by atoms with Crippen LogP contribution in [0.25, 0.3) is 0 Å². The van der Waals surface area contributed by atoms with Crippen LogP contribution in [0.3, 0.4) is 0 Å². The van der Waals surface area contributed by atoms with Crippen molar-refractivity contribution in [3.63, 3.8) is 0 Å². The zero-order chi connectivity index (χ0) is 10.8. The highest BCUT2D eigenvalue weighted by Gasteiger charge is 2.28. The van der Waals surface area contributed by atoms with Crippen molar-refractivity contribution in [3.8, 4) is 5.75 Å². The van der Waals surface area contributed by atoms with Gasteiger partial charge >= 0.3 is 0 Å². The smallest absolute Gasteiger partial charge is 0.150 e. The van der Waals surface area contributed by atoms with Crippen LogP contribution in [0.5, 0.6) is 5.75 Å². The Labute approximate surface area is 94.9 Å². The Morgan fingerprint density at radius 3 is 2.87 bits per heavy atom. The van der Waals surface area contributed by atoms with Gasteiger partial charge in [-0.25, -0.2) is 4.39 Å². The molecule has 0 amide bonds. The molecule has 82 valence electrons. The number of aliphatic hydroxyl groups excluding tert-OH is 1. The van der Waals surface area contributed by atoms with E-state index in [2.05, 4.69) is 15.9 Å². The van der Waals surface area contributed by atoms with E-state index in [0.717, 1.165) is 0 Å². The first-order chi connectivity index (χ1) is 7.16. The van der Waals surface area contributed by atoms with E-state index < -0.39 is 12.2 Å². The average molecular weight is 277 g/mol.